The Balaban J connectivity index is 1.81. The highest BCUT2D eigenvalue weighted by Gasteiger charge is 2.15. The van der Waals surface area contributed by atoms with Crippen LogP contribution in [-0.4, -0.2) is 20.0 Å². The lowest BCUT2D eigenvalue weighted by Gasteiger charge is -2.08. The van der Waals surface area contributed by atoms with E-state index in [4.69, 9.17) is 5.73 Å². The number of H-pyrrole nitrogens is 1. The minimum Gasteiger partial charge on any atom is -0.361 e. The SMILES string of the molecule is Cc1cccc(-n2nnc(CN)c2Cc2c[nH]c3ccccc23)c1. The molecule has 0 unspecified atom stereocenters. The molecule has 5 heteroatoms. The number of hydrogen-bond donors (Lipinski definition) is 2. The highest BCUT2D eigenvalue weighted by Crippen LogP contribution is 2.23. The first kappa shape index (κ1) is 14.7. The van der Waals surface area contributed by atoms with Crippen molar-refractivity contribution < 1.29 is 0 Å². The second kappa shape index (κ2) is 5.94. The van der Waals surface area contributed by atoms with Crippen LogP contribution in [0.15, 0.2) is 54.7 Å². The average molecular weight is 317 g/mol. The molecule has 0 aliphatic heterocycles. The smallest absolute Gasteiger partial charge is 0.100 e. The van der Waals surface area contributed by atoms with Gasteiger partial charge in [0.25, 0.3) is 0 Å². The highest BCUT2D eigenvalue weighted by molar-refractivity contribution is 5.83. The molecule has 0 saturated heterocycles. The van der Waals surface area contributed by atoms with E-state index in [1.165, 1.54) is 16.5 Å². The van der Waals surface area contributed by atoms with Crippen molar-refractivity contribution in [2.45, 2.75) is 19.9 Å². The third-order valence-corrected chi connectivity index (χ3v) is 4.32. The summed E-state index contributed by atoms with van der Waals surface area (Å²) in [6, 6.07) is 16.6. The first-order chi connectivity index (χ1) is 11.8. The van der Waals surface area contributed by atoms with Gasteiger partial charge in [0.1, 0.15) is 5.69 Å². The fourth-order valence-electron chi connectivity index (χ4n) is 3.09. The first-order valence-electron chi connectivity index (χ1n) is 8.02. The number of nitrogens with zero attached hydrogens (tertiary/aromatic N) is 3. The largest absolute Gasteiger partial charge is 0.361 e. The van der Waals surface area contributed by atoms with E-state index in [1.807, 2.05) is 22.9 Å². The summed E-state index contributed by atoms with van der Waals surface area (Å²) in [5.74, 6) is 0. The summed E-state index contributed by atoms with van der Waals surface area (Å²) in [5.41, 5.74) is 12.3. The van der Waals surface area contributed by atoms with E-state index in [1.54, 1.807) is 0 Å². The molecular weight excluding hydrogens is 298 g/mol. The number of aryl methyl sites for hydroxylation is 1. The van der Waals surface area contributed by atoms with Gasteiger partial charge in [-0.15, -0.1) is 5.10 Å². The molecule has 2 aromatic heterocycles. The number of rotatable bonds is 4. The fourth-order valence-corrected chi connectivity index (χ4v) is 3.09. The summed E-state index contributed by atoms with van der Waals surface area (Å²) in [6.45, 7) is 2.45. The van der Waals surface area contributed by atoms with Crippen molar-refractivity contribution in [3.05, 3.63) is 77.2 Å². The Bertz CT molecular complexity index is 996. The minimum absolute atomic E-state index is 0.378. The zero-order chi connectivity index (χ0) is 16.5. The highest BCUT2D eigenvalue weighted by atomic mass is 15.4. The van der Waals surface area contributed by atoms with Gasteiger partial charge in [-0.05, 0) is 36.2 Å². The number of nitrogens with two attached hydrogens (primary N) is 1. The van der Waals surface area contributed by atoms with E-state index in [-0.39, 0.29) is 0 Å². The number of aromatic nitrogens is 4. The van der Waals surface area contributed by atoms with Gasteiger partial charge in [-0.2, -0.15) is 0 Å². The van der Waals surface area contributed by atoms with E-state index in [2.05, 4.69) is 58.7 Å². The molecule has 0 fully saturated rings. The molecule has 0 radical (unpaired) electrons. The van der Waals surface area contributed by atoms with Crippen LogP contribution in [0.5, 0.6) is 0 Å². The Hall–Kier alpha value is -2.92. The summed E-state index contributed by atoms with van der Waals surface area (Å²) in [4.78, 5) is 3.33. The van der Waals surface area contributed by atoms with Crippen molar-refractivity contribution in [2.75, 3.05) is 0 Å². The standard InChI is InChI=1S/C19H19N5/c1-13-5-4-6-15(9-13)24-19(18(11-20)22-23-24)10-14-12-21-17-8-3-2-7-16(14)17/h2-9,12,21H,10-11,20H2,1H3. The van der Waals surface area contributed by atoms with Crippen LogP contribution in [0, 0.1) is 6.92 Å². The van der Waals surface area contributed by atoms with Gasteiger partial charge in [0, 0.05) is 30.1 Å². The van der Waals surface area contributed by atoms with Crippen LogP contribution >= 0.6 is 0 Å². The van der Waals surface area contributed by atoms with Gasteiger partial charge in [0.05, 0.1) is 11.4 Å². The van der Waals surface area contributed by atoms with Gasteiger partial charge in [-0.1, -0.05) is 35.5 Å². The number of fused-ring (bicyclic) bond motifs is 1. The average Bonchev–Trinajstić information content (AvgIpc) is 3.20. The normalized spacial score (nSPS) is 11.2. The summed E-state index contributed by atoms with van der Waals surface area (Å²) in [5, 5.41) is 9.83. The Labute approximate surface area is 140 Å². The second-order valence-electron chi connectivity index (χ2n) is 5.97. The van der Waals surface area contributed by atoms with Gasteiger partial charge >= 0.3 is 0 Å². The topological polar surface area (TPSA) is 72.5 Å². The Kier molecular flexibility index (Phi) is 3.63. The molecule has 2 aromatic carbocycles. The molecular formula is C19H19N5. The maximum absolute atomic E-state index is 5.89. The Morgan fingerprint density at radius 1 is 1.12 bits per heavy atom. The van der Waals surface area contributed by atoms with Gasteiger partial charge in [0.15, 0.2) is 0 Å². The number of para-hydroxylation sites is 1. The van der Waals surface area contributed by atoms with E-state index < -0.39 is 0 Å². The maximum Gasteiger partial charge on any atom is 0.100 e. The molecule has 2 heterocycles. The van der Waals surface area contributed by atoms with Gasteiger partial charge in [-0.25, -0.2) is 4.68 Å². The number of nitrogens with one attached hydrogen (secondary N) is 1. The molecule has 5 nitrogen and oxygen atoms in total. The predicted molar refractivity (Wildman–Crippen MR) is 95.1 cm³/mol. The van der Waals surface area contributed by atoms with Gasteiger partial charge in [-0.3, -0.25) is 0 Å². The lowest BCUT2D eigenvalue weighted by molar-refractivity contribution is 0.772. The molecule has 4 rings (SSSR count). The summed E-state index contributed by atoms with van der Waals surface area (Å²) < 4.78 is 1.90. The number of benzene rings is 2. The molecule has 0 amide bonds. The van der Waals surface area contributed by atoms with E-state index in [0.717, 1.165) is 29.0 Å². The van der Waals surface area contributed by atoms with Crippen LogP contribution < -0.4 is 5.73 Å². The molecule has 0 spiro atoms. The van der Waals surface area contributed by atoms with Crippen molar-refractivity contribution in [3.8, 4) is 5.69 Å². The molecule has 0 saturated carbocycles. The predicted octanol–water partition coefficient (Wildman–Crippen LogP) is 3.11. The lowest BCUT2D eigenvalue weighted by Crippen LogP contribution is -2.07. The Morgan fingerprint density at radius 3 is 2.83 bits per heavy atom. The third kappa shape index (κ3) is 2.49. The van der Waals surface area contributed by atoms with E-state index in [0.29, 0.717) is 6.54 Å². The van der Waals surface area contributed by atoms with Crippen molar-refractivity contribution in [3.63, 3.8) is 0 Å². The molecule has 4 aromatic rings. The molecule has 24 heavy (non-hydrogen) atoms. The van der Waals surface area contributed by atoms with E-state index >= 15 is 0 Å². The van der Waals surface area contributed by atoms with Crippen LogP contribution in [0.1, 0.15) is 22.5 Å². The molecule has 120 valence electrons. The number of hydrogen-bond acceptors (Lipinski definition) is 3. The molecule has 0 aliphatic carbocycles. The second-order valence-corrected chi connectivity index (χ2v) is 5.97. The molecule has 0 aliphatic rings. The van der Waals surface area contributed by atoms with Crippen LogP contribution in [0.3, 0.4) is 0 Å². The van der Waals surface area contributed by atoms with Crippen molar-refractivity contribution in [2.24, 2.45) is 5.73 Å². The summed E-state index contributed by atoms with van der Waals surface area (Å²) >= 11 is 0. The monoisotopic (exact) mass is 317 g/mol. The van der Waals surface area contributed by atoms with Crippen molar-refractivity contribution in [1.29, 1.82) is 0 Å². The van der Waals surface area contributed by atoms with Crippen molar-refractivity contribution in [1.82, 2.24) is 20.0 Å². The van der Waals surface area contributed by atoms with Gasteiger partial charge in [0.2, 0.25) is 0 Å². The molecule has 3 N–H and O–H groups in total. The quantitative estimate of drug-likeness (QED) is 0.607. The molecule has 0 atom stereocenters. The van der Waals surface area contributed by atoms with Crippen molar-refractivity contribution >= 4 is 10.9 Å². The van der Waals surface area contributed by atoms with Crippen LogP contribution in [0.25, 0.3) is 16.6 Å². The zero-order valence-corrected chi connectivity index (χ0v) is 13.5. The van der Waals surface area contributed by atoms with Gasteiger partial charge < -0.3 is 10.7 Å². The summed E-state index contributed by atoms with van der Waals surface area (Å²) in [6.07, 6.45) is 2.79. The maximum atomic E-state index is 5.89. The minimum atomic E-state index is 0.378. The first-order valence-corrected chi connectivity index (χ1v) is 8.02. The summed E-state index contributed by atoms with van der Waals surface area (Å²) in [7, 11) is 0. The van der Waals surface area contributed by atoms with E-state index in [9.17, 15) is 0 Å². The van der Waals surface area contributed by atoms with Crippen LogP contribution in [0.2, 0.25) is 0 Å². The zero-order valence-electron chi connectivity index (χ0n) is 13.5. The fraction of sp³-hybridized carbons (Fsp3) is 0.158. The van der Waals surface area contributed by atoms with Crippen LogP contribution in [-0.2, 0) is 13.0 Å². The third-order valence-electron chi connectivity index (χ3n) is 4.32. The number of aromatic amines is 1. The molecule has 0 bridgehead atoms. The Morgan fingerprint density at radius 2 is 2.00 bits per heavy atom. The lowest BCUT2D eigenvalue weighted by atomic mass is 10.1. The van der Waals surface area contributed by atoms with Crippen LogP contribution in [0.4, 0.5) is 0 Å².